The number of fused-ring (bicyclic) bond motifs is 1. The summed E-state index contributed by atoms with van der Waals surface area (Å²) in [5.41, 5.74) is 9.41. The van der Waals surface area contributed by atoms with E-state index in [9.17, 15) is 0 Å². The van der Waals surface area contributed by atoms with Crippen LogP contribution in [0.5, 0.6) is 0 Å². The standard InChI is InChI=1S/C14H22N2O/c1-4-16-8-7-11-9-12(5-6-13(11)16)14(2,10-15)17-3/h5-6,9H,4,7-8,10,15H2,1-3H3. The molecule has 1 atom stereocenters. The molecule has 1 aliphatic heterocycles. The lowest BCUT2D eigenvalue weighted by Crippen LogP contribution is -2.33. The van der Waals surface area contributed by atoms with Crippen molar-refractivity contribution in [1.82, 2.24) is 0 Å². The summed E-state index contributed by atoms with van der Waals surface area (Å²) < 4.78 is 5.55. The minimum atomic E-state index is -0.366. The van der Waals surface area contributed by atoms with E-state index >= 15 is 0 Å². The van der Waals surface area contributed by atoms with Crippen molar-refractivity contribution in [3.05, 3.63) is 29.3 Å². The van der Waals surface area contributed by atoms with E-state index in [1.807, 2.05) is 6.92 Å². The Morgan fingerprint density at radius 1 is 1.47 bits per heavy atom. The molecule has 0 fully saturated rings. The summed E-state index contributed by atoms with van der Waals surface area (Å²) in [5, 5.41) is 0. The molecule has 0 aromatic heterocycles. The van der Waals surface area contributed by atoms with Crippen LogP contribution in [0.15, 0.2) is 18.2 Å². The molecule has 1 aromatic carbocycles. The molecule has 0 bridgehead atoms. The number of nitrogens with zero attached hydrogens (tertiary/aromatic N) is 1. The van der Waals surface area contributed by atoms with Crippen LogP contribution in [-0.2, 0) is 16.8 Å². The molecule has 1 aromatic rings. The number of likely N-dealkylation sites (N-methyl/N-ethyl adjacent to an activating group) is 1. The number of anilines is 1. The van der Waals surface area contributed by atoms with Gasteiger partial charge in [0, 0.05) is 32.4 Å². The molecule has 0 spiro atoms. The molecule has 1 heterocycles. The second-order valence-electron chi connectivity index (χ2n) is 4.81. The van der Waals surface area contributed by atoms with E-state index in [0.717, 1.165) is 19.5 Å². The molecule has 3 heteroatoms. The third kappa shape index (κ3) is 2.05. The van der Waals surface area contributed by atoms with Gasteiger partial charge in [-0.2, -0.15) is 0 Å². The Labute approximate surface area is 104 Å². The summed E-state index contributed by atoms with van der Waals surface area (Å²) >= 11 is 0. The lowest BCUT2D eigenvalue weighted by atomic mass is 9.93. The maximum Gasteiger partial charge on any atom is 0.102 e. The van der Waals surface area contributed by atoms with E-state index in [4.69, 9.17) is 10.5 Å². The van der Waals surface area contributed by atoms with Gasteiger partial charge in [-0.3, -0.25) is 0 Å². The first-order chi connectivity index (χ1) is 8.14. The minimum Gasteiger partial charge on any atom is -0.372 e. The van der Waals surface area contributed by atoms with Crippen LogP contribution in [0.3, 0.4) is 0 Å². The molecule has 2 rings (SSSR count). The maximum absolute atomic E-state index is 5.81. The monoisotopic (exact) mass is 234 g/mol. The Bertz CT molecular complexity index is 399. The number of hydrogen-bond acceptors (Lipinski definition) is 3. The Kier molecular flexibility index (Phi) is 3.40. The summed E-state index contributed by atoms with van der Waals surface area (Å²) in [6, 6.07) is 6.60. The summed E-state index contributed by atoms with van der Waals surface area (Å²) in [5.74, 6) is 0. The van der Waals surface area contributed by atoms with Gasteiger partial charge in [0.15, 0.2) is 0 Å². The first-order valence-electron chi connectivity index (χ1n) is 6.28. The first kappa shape index (κ1) is 12.4. The Balaban J connectivity index is 2.35. The van der Waals surface area contributed by atoms with Gasteiger partial charge in [0.25, 0.3) is 0 Å². The van der Waals surface area contributed by atoms with E-state index in [1.54, 1.807) is 7.11 Å². The lowest BCUT2D eigenvalue weighted by molar-refractivity contribution is 0.0100. The van der Waals surface area contributed by atoms with Crippen LogP contribution in [0.4, 0.5) is 5.69 Å². The fourth-order valence-electron chi connectivity index (χ4n) is 2.45. The van der Waals surface area contributed by atoms with Crippen LogP contribution in [0.2, 0.25) is 0 Å². The van der Waals surface area contributed by atoms with Crippen LogP contribution < -0.4 is 10.6 Å². The van der Waals surface area contributed by atoms with E-state index < -0.39 is 0 Å². The van der Waals surface area contributed by atoms with Crippen LogP contribution in [-0.4, -0.2) is 26.7 Å². The fraction of sp³-hybridized carbons (Fsp3) is 0.571. The van der Waals surface area contributed by atoms with E-state index in [1.165, 1.54) is 16.8 Å². The van der Waals surface area contributed by atoms with Crippen molar-refractivity contribution in [1.29, 1.82) is 0 Å². The van der Waals surface area contributed by atoms with Crippen molar-refractivity contribution in [2.45, 2.75) is 25.9 Å². The molecule has 0 saturated carbocycles. The van der Waals surface area contributed by atoms with Gasteiger partial charge < -0.3 is 15.4 Å². The third-order valence-electron chi connectivity index (χ3n) is 3.90. The van der Waals surface area contributed by atoms with Crippen LogP contribution in [0, 0.1) is 0 Å². The molecule has 0 radical (unpaired) electrons. The van der Waals surface area contributed by atoms with Crippen molar-refractivity contribution in [2.24, 2.45) is 5.73 Å². The zero-order valence-corrected chi connectivity index (χ0v) is 11.0. The largest absolute Gasteiger partial charge is 0.372 e. The highest BCUT2D eigenvalue weighted by Crippen LogP contribution is 2.32. The highest BCUT2D eigenvalue weighted by Gasteiger charge is 2.27. The zero-order chi connectivity index (χ0) is 12.5. The summed E-state index contributed by atoms with van der Waals surface area (Å²) in [6.45, 7) is 6.94. The van der Waals surface area contributed by atoms with E-state index in [0.29, 0.717) is 6.54 Å². The molecule has 1 aliphatic rings. The summed E-state index contributed by atoms with van der Waals surface area (Å²) in [6.07, 6.45) is 1.13. The number of ether oxygens (including phenoxy) is 1. The zero-order valence-electron chi connectivity index (χ0n) is 11.0. The van der Waals surface area contributed by atoms with Gasteiger partial charge >= 0.3 is 0 Å². The Morgan fingerprint density at radius 2 is 2.24 bits per heavy atom. The average Bonchev–Trinajstić information content (AvgIpc) is 2.79. The molecule has 1 unspecified atom stereocenters. The van der Waals surface area contributed by atoms with Crippen molar-refractivity contribution in [2.75, 3.05) is 31.6 Å². The van der Waals surface area contributed by atoms with Crippen LogP contribution >= 0.6 is 0 Å². The Hall–Kier alpha value is -1.06. The van der Waals surface area contributed by atoms with Crippen LogP contribution in [0.25, 0.3) is 0 Å². The van der Waals surface area contributed by atoms with Gasteiger partial charge in [0.1, 0.15) is 5.60 Å². The number of nitrogens with two attached hydrogens (primary N) is 1. The highest BCUT2D eigenvalue weighted by molar-refractivity contribution is 5.59. The topological polar surface area (TPSA) is 38.5 Å². The highest BCUT2D eigenvalue weighted by atomic mass is 16.5. The molecule has 0 aliphatic carbocycles. The maximum atomic E-state index is 5.81. The van der Waals surface area contributed by atoms with Gasteiger partial charge in [-0.05, 0) is 37.5 Å². The average molecular weight is 234 g/mol. The fourth-order valence-corrected chi connectivity index (χ4v) is 2.45. The third-order valence-corrected chi connectivity index (χ3v) is 3.90. The van der Waals surface area contributed by atoms with Gasteiger partial charge in [-0.15, -0.1) is 0 Å². The quantitative estimate of drug-likeness (QED) is 0.864. The normalized spacial score (nSPS) is 18.0. The molecule has 17 heavy (non-hydrogen) atoms. The molecule has 2 N–H and O–H groups in total. The van der Waals surface area contributed by atoms with Gasteiger partial charge in [-0.1, -0.05) is 12.1 Å². The number of benzene rings is 1. The van der Waals surface area contributed by atoms with Gasteiger partial charge in [-0.25, -0.2) is 0 Å². The van der Waals surface area contributed by atoms with Crippen molar-refractivity contribution < 1.29 is 4.74 Å². The molecule has 94 valence electrons. The molecular formula is C14H22N2O. The number of hydrogen-bond donors (Lipinski definition) is 1. The minimum absolute atomic E-state index is 0.366. The molecule has 0 saturated heterocycles. The van der Waals surface area contributed by atoms with Gasteiger partial charge in [0.2, 0.25) is 0 Å². The summed E-state index contributed by atoms with van der Waals surface area (Å²) in [7, 11) is 1.72. The van der Waals surface area contributed by atoms with Crippen molar-refractivity contribution in [3.8, 4) is 0 Å². The SMILES string of the molecule is CCN1CCc2cc(C(C)(CN)OC)ccc21. The molecule has 3 nitrogen and oxygen atoms in total. The summed E-state index contributed by atoms with van der Waals surface area (Å²) in [4.78, 5) is 2.41. The second-order valence-corrected chi connectivity index (χ2v) is 4.81. The lowest BCUT2D eigenvalue weighted by Gasteiger charge is -2.27. The smallest absolute Gasteiger partial charge is 0.102 e. The van der Waals surface area contributed by atoms with Crippen molar-refractivity contribution >= 4 is 5.69 Å². The first-order valence-corrected chi connectivity index (χ1v) is 6.28. The molecular weight excluding hydrogens is 212 g/mol. The number of methoxy groups -OCH3 is 1. The second kappa shape index (κ2) is 4.67. The van der Waals surface area contributed by atoms with Crippen LogP contribution in [0.1, 0.15) is 25.0 Å². The predicted octanol–water partition coefficient (Wildman–Crippen LogP) is 1.89. The van der Waals surface area contributed by atoms with E-state index in [2.05, 4.69) is 30.0 Å². The Morgan fingerprint density at radius 3 is 2.82 bits per heavy atom. The predicted molar refractivity (Wildman–Crippen MR) is 71.4 cm³/mol. The van der Waals surface area contributed by atoms with Crippen molar-refractivity contribution in [3.63, 3.8) is 0 Å². The number of rotatable bonds is 4. The van der Waals surface area contributed by atoms with Gasteiger partial charge in [0.05, 0.1) is 0 Å². The van der Waals surface area contributed by atoms with E-state index in [-0.39, 0.29) is 5.60 Å². The molecule has 0 amide bonds.